The summed E-state index contributed by atoms with van der Waals surface area (Å²) >= 11 is 0. The second kappa shape index (κ2) is 6.76. The first-order valence-electron chi connectivity index (χ1n) is 7.43. The Kier molecular flexibility index (Phi) is 5.83. The zero-order valence-corrected chi connectivity index (χ0v) is 13.8. The van der Waals surface area contributed by atoms with Crippen LogP contribution in [0.4, 0.5) is 4.79 Å². The summed E-state index contributed by atoms with van der Waals surface area (Å²) in [7, 11) is 0. The van der Waals surface area contributed by atoms with Crippen molar-refractivity contribution < 1.29 is 14.3 Å². The smallest absolute Gasteiger partial charge is 0.410 e. The van der Waals surface area contributed by atoms with E-state index in [2.05, 4.69) is 5.32 Å². The zero-order chi connectivity index (χ0) is 15.4. The third kappa shape index (κ3) is 6.57. The first kappa shape index (κ1) is 17.2. The van der Waals surface area contributed by atoms with Gasteiger partial charge in [0.05, 0.1) is 12.2 Å². The van der Waals surface area contributed by atoms with Crippen molar-refractivity contribution in [2.75, 3.05) is 26.2 Å². The topological polar surface area (TPSA) is 50.8 Å². The molecule has 20 heavy (non-hydrogen) atoms. The molecule has 1 saturated heterocycles. The van der Waals surface area contributed by atoms with Gasteiger partial charge in [0, 0.05) is 19.1 Å². The number of amides is 1. The van der Waals surface area contributed by atoms with Gasteiger partial charge in [-0.2, -0.15) is 0 Å². The number of carbonyl (C=O) groups is 1. The van der Waals surface area contributed by atoms with Crippen LogP contribution in [0.25, 0.3) is 0 Å². The van der Waals surface area contributed by atoms with Crippen molar-refractivity contribution in [1.82, 2.24) is 10.2 Å². The molecule has 5 heteroatoms. The van der Waals surface area contributed by atoms with Crippen LogP contribution in [0, 0.1) is 0 Å². The lowest BCUT2D eigenvalue weighted by Gasteiger charge is -2.32. The Morgan fingerprint density at radius 3 is 2.30 bits per heavy atom. The van der Waals surface area contributed by atoms with Gasteiger partial charge in [-0.1, -0.05) is 0 Å². The molecule has 0 saturated carbocycles. The van der Waals surface area contributed by atoms with Gasteiger partial charge in [0.1, 0.15) is 5.60 Å². The van der Waals surface area contributed by atoms with Crippen molar-refractivity contribution in [1.29, 1.82) is 0 Å². The normalized spacial score (nSPS) is 20.0. The molecule has 1 aliphatic rings. The molecule has 0 aliphatic carbocycles. The van der Waals surface area contributed by atoms with E-state index in [9.17, 15) is 4.79 Å². The first-order valence-corrected chi connectivity index (χ1v) is 7.43. The number of hydrogen-bond donors (Lipinski definition) is 1. The van der Waals surface area contributed by atoms with E-state index in [1.807, 2.05) is 41.5 Å². The number of nitrogens with one attached hydrogen (secondary N) is 1. The molecule has 0 aromatic heterocycles. The highest BCUT2D eigenvalue weighted by molar-refractivity contribution is 5.68. The van der Waals surface area contributed by atoms with Crippen LogP contribution in [-0.2, 0) is 9.47 Å². The maximum absolute atomic E-state index is 12.3. The summed E-state index contributed by atoms with van der Waals surface area (Å²) < 4.78 is 11.2. The fraction of sp³-hybridized carbons (Fsp3) is 0.933. The third-order valence-electron chi connectivity index (χ3n) is 2.97. The molecule has 1 atom stereocenters. The predicted octanol–water partition coefficient (Wildman–Crippen LogP) is 2.40. The summed E-state index contributed by atoms with van der Waals surface area (Å²) in [6, 6.07) is 0.202. The zero-order valence-electron chi connectivity index (χ0n) is 13.8. The van der Waals surface area contributed by atoms with Gasteiger partial charge in [0.25, 0.3) is 0 Å². The molecule has 0 radical (unpaired) electrons. The monoisotopic (exact) mass is 286 g/mol. The van der Waals surface area contributed by atoms with E-state index in [1.54, 1.807) is 4.90 Å². The van der Waals surface area contributed by atoms with Crippen molar-refractivity contribution >= 4 is 6.09 Å². The van der Waals surface area contributed by atoms with Crippen molar-refractivity contribution in [3.05, 3.63) is 0 Å². The second-order valence-electron chi connectivity index (χ2n) is 7.28. The molecular formula is C15H30N2O3. The quantitative estimate of drug-likeness (QED) is 0.862. The Balaban J connectivity index is 2.58. The van der Waals surface area contributed by atoms with E-state index in [4.69, 9.17) is 9.47 Å². The van der Waals surface area contributed by atoms with Crippen LogP contribution in [0.1, 0.15) is 48.0 Å². The minimum absolute atomic E-state index is 0.187. The summed E-state index contributed by atoms with van der Waals surface area (Å²) in [6.07, 6.45) is 0.720. The molecule has 1 unspecified atom stereocenters. The number of nitrogens with zero attached hydrogens (tertiary/aromatic N) is 1. The average molecular weight is 286 g/mol. The molecule has 0 aromatic carbocycles. The third-order valence-corrected chi connectivity index (χ3v) is 2.97. The predicted molar refractivity (Wildman–Crippen MR) is 79.9 cm³/mol. The lowest BCUT2D eigenvalue weighted by Crippen LogP contribution is -2.46. The van der Waals surface area contributed by atoms with Gasteiger partial charge in [0.2, 0.25) is 0 Å². The minimum Gasteiger partial charge on any atom is -0.444 e. The van der Waals surface area contributed by atoms with Crippen molar-refractivity contribution in [2.45, 2.75) is 65.2 Å². The maximum atomic E-state index is 12.3. The van der Waals surface area contributed by atoms with Gasteiger partial charge in [-0.05, 0) is 54.5 Å². The van der Waals surface area contributed by atoms with Crippen LogP contribution in [0.15, 0.2) is 0 Å². The Labute approximate surface area is 123 Å². The number of hydrogen-bond acceptors (Lipinski definition) is 4. The Hall–Kier alpha value is -0.810. The molecule has 1 N–H and O–H groups in total. The van der Waals surface area contributed by atoms with E-state index in [0.29, 0.717) is 13.2 Å². The molecular weight excluding hydrogens is 256 g/mol. The lowest BCUT2D eigenvalue weighted by atomic mass is 10.2. The molecule has 1 amide bonds. The van der Waals surface area contributed by atoms with Crippen LogP contribution >= 0.6 is 0 Å². The second-order valence-corrected chi connectivity index (χ2v) is 7.28. The Morgan fingerprint density at radius 1 is 1.20 bits per heavy atom. The van der Waals surface area contributed by atoms with Crippen molar-refractivity contribution in [2.24, 2.45) is 0 Å². The van der Waals surface area contributed by atoms with Gasteiger partial charge in [-0.25, -0.2) is 4.79 Å². The van der Waals surface area contributed by atoms with E-state index >= 15 is 0 Å². The summed E-state index contributed by atoms with van der Waals surface area (Å²) in [5.74, 6) is 0. The van der Waals surface area contributed by atoms with E-state index in [-0.39, 0.29) is 17.7 Å². The van der Waals surface area contributed by atoms with E-state index < -0.39 is 5.60 Å². The highest BCUT2D eigenvalue weighted by Gasteiger charge is 2.30. The molecule has 5 nitrogen and oxygen atoms in total. The highest BCUT2D eigenvalue weighted by Crippen LogP contribution is 2.16. The summed E-state index contributed by atoms with van der Waals surface area (Å²) in [5, 5.41) is 3.29. The van der Waals surface area contributed by atoms with E-state index in [0.717, 1.165) is 19.5 Å². The maximum Gasteiger partial charge on any atom is 0.410 e. The highest BCUT2D eigenvalue weighted by atomic mass is 16.6. The molecule has 0 bridgehead atoms. The SMILES string of the molecule is CC(C)(C)OCCN(C(=O)OC(C)(C)C)C1CCNC1. The summed E-state index contributed by atoms with van der Waals surface area (Å²) in [4.78, 5) is 14.1. The van der Waals surface area contributed by atoms with Gasteiger partial charge in [-0.3, -0.25) is 0 Å². The fourth-order valence-corrected chi connectivity index (χ4v) is 2.10. The minimum atomic E-state index is -0.466. The number of carbonyl (C=O) groups excluding carboxylic acids is 1. The standard InChI is InChI=1S/C15H30N2O3/c1-14(2,3)19-10-9-17(12-7-8-16-11-12)13(18)20-15(4,5)6/h12,16H,7-11H2,1-6H3. The van der Waals surface area contributed by atoms with Crippen molar-refractivity contribution in [3.8, 4) is 0 Å². The largest absolute Gasteiger partial charge is 0.444 e. The summed E-state index contributed by atoms with van der Waals surface area (Å²) in [6.45, 7) is 14.6. The Bertz CT molecular complexity index is 312. The van der Waals surface area contributed by atoms with Gasteiger partial charge in [-0.15, -0.1) is 0 Å². The lowest BCUT2D eigenvalue weighted by molar-refractivity contribution is -0.0261. The number of rotatable bonds is 4. The first-order chi connectivity index (χ1) is 9.08. The average Bonchev–Trinajstić information content (AvgIpc) is 2.73. The van der Waals surface area contributed by atoms with Crippen LogP contribution in [-0.4, -0.2) is 54.5 Å². The molecule has 1 heterocycles. The summed E-state index contributed by atoms with van der Waals surface area (Å²) in [5.41, 5.74) is -0.653. The molecule has 1 rings (SSSR count). The van der Waals surface area contributed by atoms with Crippen LogP contribution in [0.5, 0.6) is 0 Å². The van der Waals surface area contributed by atoms with Crippen molar-refractivity contribution in [3.63, 3.8) is 0 Å². The van der Waals surface area contributed by atoms with Crippen LogP contribution in [0.2, 0.25) is 0 Å². The molecule has 118 valence electrons. The number of ether oxygens (including phenoxy) is 2. The van der Waals surface area contributed by atoms with Gasteiger partial charge >= 0.3 is 6.09 Å². The van der Waals surface area contributed by atoms with E-state index in [1.165, 1.54) is 0 Å². The fourth-order valence-electron chi connectivity index (χ4n) is 2.10. The van der Waals surface area contributed by atoms with Crippen LogP contribution < -0.4 is 5.32 Å². The molecule has 0 spiro atoms. The van der Waals surface area contributed by atoms with Crippen LogP contribution in [0.3, 0.4) is 0 Å². The van der Waals surface area contributed by atoms with Gasteiger partial charge in [0.15, 0.2) is 0 Å². The molecule has 0 aromatic rings. The molecule has 1 fully saturated rings. The van der Waals surface area contributed by atoms with Gasteiger partial charge < -0.3 is 19.7 Å². The Morgan fingerprint density at radius 2 is 1.85 bits per heavy atom. The molecule has 1 aliphatic heterocycles.